The maximum atomic E-state index is 12.9. The van der Waals surface area contributed by atoms with E-state index in [4.69, 9.17) is 0 Å². The molecule has 0 aliphatic heterocycles. The largest absolute Gasteiger partial charge is 0.320 e. The van der Waals surface area contributed by atoms with Crippen LogP contribution in [0.25, 0.3) is 5.69 Å². The van der Waals surface area contributed by atoms with Gasteiger partial charge in [0.15, 0.2) is 0 Å². The van der Waals surface area contributed by atoms with Crippen molar-refractivity contribution in [2.45, 2.75) is 57.0 Å². The number of aromatic nitrogens is 5. The molecule has 1 fully saturated rings. The summed E-state index contributed by atoms with van der Waals surface area (Å²) in [6.45, 7) is 1.83. The maximum Gasteiger partial charge on any atom is 0.295 e. The van der Waals surface area contributed by atoms with Gasteiger partial charge >= 0.3 is 0 Å². The maximum absolute atomic E-state index is 12.9. The fourth-order valence-corrected chi connectivity index (χ4v) is 5.00. The molecule has 0 radical (unpaired) electrons. The Morgan fingerprint density at radius 2 is 2.00 bits per heavy atom. The molecule has 32 heavy (non-hydrogen) atoms. The van der Waals surface area contributed by atoms with Gasteiger partial charge in [-0.3, -0.25) is 19.4 Å². The number of nitrogens with one attached hydrogen (secondary N) is 2. The summed E-state index contributed by atoms with van der Waals surface area (Å²) >= 11 is 1.45. The van der Waals surface area contributed by atoms with Crippen LogP contribution in [0.15, 0.2) is 40.3 Å². The van der Waals surface area contributed by atoms with Crippen LogP contribution in [0.4, 0.5) is 5.69 Å². The van der Waals surface area contributed by atoms with E-state index in [0.29, 0.717) is 22.3 Å². The van der Waals surface area contributed by atoms with Crippen molar-refractivity contribution in [1.29, 1.82) is 0 Å². The minimum absolute atomic E-state index is 0.194. The van der Waals surface area contributed by atoms with E-state index in [2.05, 4.69) is 20.5 Å². The average Bonchev–Trinajstić information content (AvgIpc) is 3.52. The van der Waals surface area contributed by atoms with Gasteiger partial charge in [0.1, 0.15) is 11.5 Å². The second-order valence-corrected chi connectivity index (χ2v) is 9.40. The number of hydrogen-bond acceptors (Lipinski definition) is 5. The van der Waals surface area contributed by atoms with E-state index in [1.165, 1.54) is 43.9 Å². The van der Waals surface area contributed by atoms with Crippen molar-refractivity contribution in [1.82, 2.24) is 24.5 Å². The Hall–Kier alpha value is -2.81. The number of hydrogen-bond donors (Lipinski definition) is 2. The van der Waals surface area contributed by atoms with Crippen molar-refractivity contribution < 1.29 is 4.79 Å². The summed E-state index contributed by atoms with van der Waals surface area (Å²) in [6, 6.07) is 9.38. The molecule has 1 saturated carbocycles. The predicted octanol–water partition coefficient (Wildman–Crippen LogP) is 3.85. The number of H-pyrrole nitrogens is 1. The van der Waals surface area contributed by atoms with Crippen molar-refractivity contribution in [3.8, 4) is 5.69 Å². The minimum atomic E-state index is -0.238. The molecule has 1 aliphatic rings. The topological polar surface area (TPSA) is 97.6 Å². The number of carbonyl (C=O) groups excluding carboxylic acids is 1. The Morgan fingerprint density at radius 1 is 1.25 bits per heavy atom. The third-order valence-electron chi connectivity index (χ3n) is 6.15. The highest BCUT2D eigenvalue weighted by atomic mass is 32.2. The Morgan fingerprint density at radius 3 is 2.75 bits per heavy atom. The molecule has 170 valence electrons. The van der Waals surface area contributed by atoms with Crippen LogP contribution >= 0.6 is 11.8 Å². The van der Waals surface area contributed by atoms with Crippen LogP contribution in [0.1, 0.15) is 50.0 Å². The average molecular weight is 455 g/mol. The van der Waals surface area contributed by atoms with Crippen LogP contribution < -0.4 is 10.9 Å². The van der Waals surface area contributed by atoms with Crippen molar-refractivity contribution >= 4 is 23.4 Å². The molecule has 0 unspecified atom stereocenters. The molecule has 0 saturated heterocycles. The van der Waals surface area contributed by atoms with Gasteiger partial charge in [0.2, 0.25) is 11.1 Å². The summed E-state index contributed by atoms with van der Waals surface area (Å²) in [6.07, 6.45) is 7.75. The normalized spacial score (nSPS) is 14.2. The number of rotatable bonds is 9. The van der Waals surface area contributed by atoms with E-state index in [0.717, 1.165) is 23.9 Å². The molecule has 1 amide bonds. The van der Waals surface area contributed by atoms with Crippen molar-refractivity contribution in [3.05, 3.63) is 52.2 Å². The third-order valence-corrected chi connectivity index (χ3v) is 7.00. The van der Waals surface area contributed by atoms with Gasteiger partial charge < -0.3 is 5.32 Å². The van der Waals surface area contributed by atoms with Gasteiger partial charge in [-0.1, -0.05) is 55.6 Å². The highest BCUT2D eigenvalue weighted by Crippen LogP contribution is 2.28. The fourth-order valence-electron chi connectivity index (χ4n) is 4.24. The van der Waals surface area contributed by atoms with E-state index in [1.807, 2.05) is 44.3 Å². The Balaban J connectivity index is 1.29. The Kier molecular flexibility index (Phi) is 7.14. The highest BCUT2D eigenvalue weighted by Gasteiger charge is 2.18. The molecule has 1 aliphatic carbocycles. The summed E-state index contributed by atoms with van der Waals surface area (Å²) in [7, 11) is 1.81. The van der Waals surface area contributed by atoms with E-state index >= 15 is 0 Å². The number of para-hydroxylation sites is 1. The Labute approximate surface area is 191 Å². The molecule has 8 nitrogen and oxygen atoms in total. The number of benzene rings is 1. The highest BCUT2D eigenvalue weighted by molar-refractivity contribution is 7.99. The van der Waals surface area contributed by atoms with Crippen molar-refractivity contribution in [2.75, 3.05) is 11.1 Å². The molecule has 1 aromatic carbocycles. The molecule has 0 atom stereocenters. The van der Waals surface area contributed by atoms with Gasteiger partial charge in [-0.25, -0.2) is 9.67 Å². The van der Waals surface area contributed by atoms with Gasteiger partial charge in [-0.2, -0.15) is 0 Å². The smallest absolute Gasteiger partial charge is 0.295 e. The monoisotopic (exact) mass is 454 g/mol. The van der Waals surface area contributed by atoms with Crippen molar-refractivity contribution in [3.63, 3.8) is 0 Å². The lowest BCUT2D eigenvalue weighted by Crippen LogP contribution is -2.23. The number of aryl methyl sites for hydroxylation is 1. The van der Waals surface area contributed by atoms with Crippen LogP contribution in [0.2, 0.25) is 0 Å². The van der Waals surface area contributed by atoms with Gasteiger partial charge in [-0.15, -0.1) is 5.10 Å². The first-order valence-corrected chi connectivity index (χ1v) is 12.2. The summed E-state index contributed by atoms with van der Waals surface area (Å²) in [5.41, 5.74) is 1.55. The zero-order valence-corrected chi connectivity index (χ0v) is 19.5. The number of anilines is 1. The van der Waals surface area contributed by atoms with E-state index in [9.17, 15) is 9.59 Å². The SMILES string of the molecule is Cc1c(NC(=O)CCSc2n[nH]c(CCC3CCCC3)n2)c(=O)n(-c2ccccc2)n1C. The predicted molar refractivity (Wildman–Crippen MR) is 126 cm³/mol. The van der Waals surface area contributed by atoms with Crippen LogP contribution in [0, 0.1) is 12.8 Å². The summed E-state index contributed by atoms with van der Waals surface area (Å²) in [5.74, 6) is 2.10. The zero-order chi connectivity index (χ0) is 22.5. The second kappa shape index (κ2) is 10.2. The molecule has 0 spiro atoms. The molecule has 3 aromatic rings. The molecular formula is C23H30N6O2S. The second-order valence-electron chi connectivity index (χ2n) is 8.34. The van der Waals surface area contributed by atoms with E-state index in [1.54, 1.807) is 9.36 Å². The quantitative estimate of drug-likeness (QED) is 0.479. The lowest BCUT2D eigenvalue weighted by atomic mass is 10.0. The Bertz CT molecular complexity index is 1110. The van der Waals surface area contributed by atoms with Crippen LogP contribution in [0.5, 0.6) is 0 Å². The standard InChI is InChI=1S/C23H30N6O2S/c1-16-21(22(31)29(28(16)2)18-10-4-3-5-11-18)25-20(30)14-15-32-23-24-19(26-27-23)13-12-17-8-6-7-9-17/h3-5,10-11,17H,6-9,12-15H2,1-2H3,(H,25,30)(H,24,26,27). The fraction of sp³-hybridized carbons (Fsp3) is 0.478. The number of amides is 1. The zero-order valence-electron chi connectivity index (χ0n) is 18.6. The number of thioether (sulfide) groups is 1. The first-order valence-electron chi connectivity index (χ1n) is 11.2. The van der Waals surface area contributed by atoms with E-state index < -0.39 is 0 Å². The molecule has 2 heterocycles. The molecule has 2 N–H and O–H groups in total. The molecule has 2 aromatic heterocycles. The minimum Gasteiger partial charge on any atom is -0.320 e. The summed E-state index contributed by atoms with van der Waals surface area (Å²) in [4.78, 5) is 29.9. The first-order chi connectivity index (χ1) is 15.5. The number of nitrogens with zero attached hydrogens (tertiary/aromatic N) is 4. The van der Waals surface area contributed by atoms with Gasteiger partial charge in [-0.05, 0) is 31.4 Å². The summed E-state index contributed by atoms with van der Waals surface area (Å²) in [5, 5.41) is 10.7. The molecule has 4 rings (SSSR count). The summed E-state index contributed by atoms with van der Waals surface area (Å²) < 4.78 is 3.31. The third kappa shape index (κ3) is 5.15. The number of aromatic amines is 1. The van der Waals surface area contributed by atoms with Crippen LogP contribution in [-0.4, -0.2) is 36.2 Å². The van der Waals surface area contributed by atoms with Gasteiger partial charge in [0.25, 0.3) is 5.56 Å². The van der Waals surface area contributed by atoms with Gasteiger partial charge in [0, 0.05) is 25.6 Å². The number of carbonyl (C=O) groups is 1. The molecule has 0 bridgehead atoms. The lowest BCUT2D eigenvalue weighted by molar-refractivity contribution is -0.115. The first kappa shape index (κ1) is 22.4. The molecule has 9 heteroatoms. The lowest BCUT2D eigenvalue weighted by Gasteiger charge is -2.07. The van der Waals surface area contributed by atoms with Gasteiger partial charge in [0.05, 0.1) is 11.4 Å². The molecular weight excluding hydrogens is 424 g/mol. The van der Waals surface area contributed by atoms with Crippen molar-refractivity contribution in [2.24, 2.45) is 13.0 Å². The van der Waals surface area contributed by atoms with Crippen LogP contribution in [0.3, 0.4) is 0 Å². The van der Waals surface area contributed by atoms with E-state index in [-0.39, 0.29) is 17.9 Å². The van der Waals surface area contributed by atoms with Crippen LogP contribution in [-0.2, 0) is 18.3 Å².